The van der Waals surface area contributed by atoms with Gasteiger partial charge >= 0.3 is 0 Å². The summed E-state index contributed by atoms with van der Waals surface area (Å²) in [6, 6.07) is 18.3. The van der Waals surface area contributed by atoms with Gasteiger partial charge in [0, 0.05) is 17.0 Å². The third kappa shape index (κ3) is 2.89. The van der Waals surface area contributed by atoms with Crippen LogP contribution in [0.15, 0.2) is 65.8 Å². The highest BCUT2D eigenvalue weighted by molar-refractivity contribution is 6.37. The van der Waals surface area contributed by atoms with Crippen molar-refractivity contribution in [3.8, 4) is 0 Å². The standard InChI is InChI=1S/C22H14Cl2N2O3/c23-15-6-8-17(18(24)10-15)19-11-22(29-25-19)12-20(27)26(21(22)28)16-7-5-13-3-1-2-4-14(13)9-16/h1-10H,11-12H2. The van der Waals surface area contributed by atoms with Crippen molar-refractivity contribution in [1.82, 2.24) is 0 Å². The second kappa shape index (κ2) is 6.58. The van der Waals surface area contributed by atoms with Crippen molar-refractivity contribution >= 4 is 57.2 Å². The average Bonchev–Trinajstić information content (AvgIpc) is 3.22. The van der Waals surface area contributed by atoms with Gasteiger partial charge in [-0.05, 0) is 35.0 Å². The number of hydrogen-bond donors (Lipinski definition) is 0. The highest BCUT2D eigenvalue weighted by Crippen LogP contribution is 2.40. The molecule has 1 saturated heterocycles. The number of anilines is 1. The Bertz CT molecular complexity index is 1220. The van der Waals surface area contributed by atoms with Crippen molar-refractivity contribution < 1.29 is 14.4 Å². The Morgan fingerprint density at radius 1 is 0.931 bits per heavy atom. The highest BCUT2D eigenvalue weighted by Gasteiger charge is 2.58. The molecule has 3 aromatic carbocycles. The maximum absolute atomic E-state index is 13.2. The van der Waals surface area contributed by atoms with Gasteiger partial charge in [-0.2, -0.15) is 0 Å². The van der Waals surface area contributed by atoms with Crippen LogP contribution in [0, 0.1) is 0 Å². The largest absolute Gasteiger partial charge is 0.378 e. The van der Waals surface area contributed by atoms with Crippen molar-refractivity contribution in [3.63, 3.8) is 0 Å². The van der Waals surface area contributed by atoms with Gasteiger partial charge in [0.25, 0.3) is 5.91 Å². The third-order valence-electron chi connectivity index (χ3n) is 5.30. The number of rotatable bonds is 2. The van der Waals surface area contributed by atoms with Gasteiger partial charge in [-0.3, -0.25) is 9.59 Å². The van der Waals surface area contributed by atoms with Gasteiger partial charge in [-0.15, -0.1) is 0 Å². The number of carbonyl (C=O) groups excluding carboxylic acids is 2. The van der Waals surface area contributed by atoms with Crippen molar-refractivity contribution in [2.24, 2.45) is 5.16 Å². The zero-order valence-electron chi connectivity index (χ0n) is 15.1. The third-order valence-corrected chi connectivity index (χ3v) is 5.84. The Balaban J connectivity index is 1.46. The Kier molecular flexibility index (Phi) is 4.12. The Labute approximate surface area is 176 Å². The molecule has 0 radical (unpaired) electrons. The number of fused-ring (bicyclic) bond motifs is 1. The van der Waals surface area contributed by atoms with E-state index in [0.717, 1.165) is 10.8 Å². The van der Waals surface area contributed by atoms with Crippen LogP contribution in [0.5, 0.6) is 0 Å². The van der Waals surface area contributed by atoms with Gasteiger partial charge in [-0.1, -0.05) is 64.8 Å². The minimum absolute atomic E-state index is 0.0726. The fraction of sp³-hybridized carbons (Fsp3) is 0.136. The molecule has 29 heavy (non-hydrogen) atoms. The molecule has 3 aromatic rings. The minimum Gasteiger partial charge on any atom is -0.378 e. The Morgan fingerprint density at radius 2 is 1.72 bits per heavy atom. The molecule has 5 nitrogen and oxygen atoms in total. The second-order valence-electron chi connectivity index (χ2n) is 7.17. The number of benzene rings is 3. The molecule has 0 saturated carbocycles. The summed E-state index contributed by atoms with van der Waals surface area (Å²) in [7, 11) is 0. The van der Waals surface area contributed by atoms with E-state index in [4.69, 9.17) is 28.0 Å². The summed E-state index contributed by atoms with van der Waals surface area (Å²) >= 11 is 12.2. The lowest BCUT2D eigenvalue weighted by Crippen LogP contribution is -2.40. The zero-order valence-corrected chi connectivity index (χ0v) is 16.6. The van der Waals surface area contributed by atoms with E-state index in [9.17, 15) is 9.59 Å². The Hall–Kier alpha value is -2.89. The molecule has 1 unspecified atom stereocenters. The van der Waals surface area contributed by atoms with Crippen LogP contribution in [0.1, 0.15) is 18.4 Å². The van der Waals surface area contributed by atoms with E-state index in [2.05, 4.69) is 5.16 Å². The summed E-state index contributed by atoms with van der Waals surface area (Å²) in [4.78, 5) is 32.8. The van der Waals surface area contributed by atoms with E-state index >= 15 is 0 Å². The lowest BCUT2D eigenvalue weighted by molar-refractivity contribution is -0.136. The first kappa shape index (κ1) is 18.2. The summed E-state index contributed by atoms with van der Waals surface area (Å²) < 4.78 is 0. The summed E-state index contributed by atoms with van der Waals surface area (Å²) in [6.07, 6.45) is 0.0971. The molecule has 2 heterocycles. The molecular weight excluding hydrogens is 411 g/mol. The monoisotopic (exact) mass is 424 g/mol. The molecule has 144 valence electrons. The van der Waals surface area contributed by atoms with Crippen molar-refractivity contribution in [2.75, 3.05) is 4.90 Å². The van der Waals surface area contributed by atoms with E-state index in [1.54, 1.807) is 24.3 Å². The molecule has 2 aliphatic rings. The lowest BCUT2D eigenvalue weighted by Gasteiger charge is -2.19. The number of imide groups is 1. The molecule has 5 rings (SSSR count). The molecule has 2 aliphatic heterocycles. The van der Waals surface area contributed by atoms with Crippen LogP contribution in [0.3, 0.4) is 0 Å². The van der Waals surface area contributed by atoms with E-state index in [0.29, 0.717) is 27.0 Å². The predicted octanol–water partition coefficient (Wildman–Crippen LogP) is 4.97. The fourth-order valence-electron chi connectivity index (χ4n) is 3.85. The molecule has 0 aromatic heterocycles. The van der Waals surface area contributed by atoms with E-state index in [-0.39, 0.29) is 18.7 Å². The highest BCUT2D eigenvalue weighted by atomic mass is 35.5. The van der Waals surface area contributed by atoms with Gasteiger partial charge < -0.3 is 4.84 Å². The molecular formula is C22H14Cl2N2O3. The molecule has 1 atom stereocenters. The number of amides is 2. The molecule has 1 fully saturated rings. The van der Waals surface area contributed by atoms with Crippen LogP contribution < -0.4 is 4.90 Å². The van der Waals surface area contributed by atoms with Crippen molar-refractivity contribution in [1.29, 1.82) is 0 Å². The topological polar surface area (TPSA) is 59.0 Å². The smallest absolute Gasteiger partial charge is 0.281 e. The lowest BCUT2D eigenvalue weighted by atomic mass is 9.92. The number of halogens is 2. The van der Waals surface area contributed by atoms with E-state index in [1.165, 1.54) is 4.90 Å². The molecule has 7 heteroatoms. The van der Waals surface area contributed by atoms with E-state index < -0.39 is 11.5 Å². The first-order chi connectivity index (χ1) is 14.0. The average molecular weight is 425 g/mol. The predicted molar refractivity (Wildman–Crippen MR) is 112 cm³/mol. The maximum atomic E-state index is 13.2. The quantitative estimate of drug-likeness (QED) is 0.545. The molecule has 0 N–H and O–H groups in total. The number of nitrogens with zero attached hydrogens (tertiary/aromatic N) is 2. The number of carbonyl (C=O) groups is 2. The normalized spacial score (nSPS) is 21.2. The molecule has 2 amide bonds. The van der Waals surface area contributed by atoms with E-state index in [1.807, 2.05) is 36.4 Å². The zero-order chi connectivity index (χ0) is 20.2. The summed E-state index contributed by atoms with van der Waals surface area (Å²) in [5.74, 6) is -0.731. The molecule has 0 bridgehead atoms. The summed E-state index contributed by atoms with van der Waals surface area (Å²) in [5, 5.41) is 6.98. The van der Waals surface area contributed by atoms with Gasteiger partial charge in [0.2, 0.25) is 11.5 Å². The van der Waals surface area contributed by atoms with Gasteiger partial charge in [-0.25, -0.2) is 4.90 Å². The molecule has 0 aliphatic carbocycles. The minimum atomic E-state index is -1.33. The van der Waals surface area contributed by atoms with Gasteiger partial charge in [0.05, 0.1) is 22.8 Å². The first-order valence-corrected chi connectivity index (χ1v) is 9.79. The number of hydrogen-bond acceptors (Lipinski definition) is 4. The van der Waals surface area contributed by atoms with Crippen molar-refractivity contribution in [2.45, 2.75) is 18.4 Å². The van der Waals surface area contributed by atoms with Crippen molar-refractivity contribution in [3.05, 3.63) is 76.3 Å². The van der Waals surface area contributed by atoms with Gasteiger partial charge in [0.1, 0.15) is 0 Å². The van der Waals surface area contributed by atoms with Crippen LogP contribution in [0.25, 0.3) is 10.8 Å². The van der Waals surface area contributed by atoms with Crippen LogP contribution >= 0.6 is 23.2 Å². The van der Waals surface area contributed by atoms with Gasteiger partial charge in [0.15, 0.2) is 0 Å². The maximum Gasteiger partial charge on any atom is 0.281 e. The van der Waals surface area contributed by atoms with Crippen LogP contribution in [0.4, 0.5) is 5.69 Å². The summed E-state index contributed by atoms with van der Waals surface area (Å²) in [5.41, 5.74) is 0.351. The second-order valence-corrected chi connectivity index (χ2v) is 8.01. The first-order valence-electron chi connectivity index (χ1n) is 9.03. The summed E-state index contributed by atoms with van der Waals surface area (Å²) in [6.45, 7) is 0. The van der Waals surface area contributed by atoms with Crippen LogP contribution in [-0.2, 0) is 14.4 Å². The van der Waals surface area contributed by atoms with Crippen LogP contribution in [-0.4, -0.2) is 23.1 Å². The SMILES string of the molecule is O=C1CC2(CC(c3ccc(Cl)cc3Cl)=NO2)C(=O)N1c1ccc2ccccc2c1. The Morgan fingerprint density at radius 3 is 2.52 bits per heavy atom. The van der Waals surface area contributed by atoms with Crippen LogP contribution in [0.2, 0.25) is 10.0 Å². The molecule has 1 spiro atoms. The number of oxime groups is 1. The fourth-order valence-corrected chi connectivity index (χ4v) is 4.37.